The Morgan fingerprint density at radius 1 is 0.969 bits per heavy atom. The van der Waals surface area contributed by atoms with Crippen molar-refractivity contribution in [3.63, 3.8) is 0 Å². The van der Waals surface area contributed by atoms with E-state index in [1.807, 2.05) is 30.0 Å². The first-order chi connectivity index (χ1) is 15.6. The maximum atomic E-state index is 13.5. The molecule has 0 atom stereocenters. The predicted octanol–water partition coefficient (Wildman–Crippen LogP) is 4.01. The molecule has 1 fully saturated rings. The van der Waals surface area contributed by atoms with Crippen molar-refractivity contribution in [1.29, 1.82) is 0 Å². The summed E-state index contributed by atoms with van der Waals surface area (Å²) < 4.78 is 5.48. The molecular weight excluding hydrogens is 400 g/mol. The first-order valence-corrected chi connectivity index (χ1v) is 11.2. The van der Waals surface area contributed by atoms with Gasteiger partial charge in [0.1, 0.15) is 12.1 Å². The normalized spacial score (nSPS) is 16.9. The molecule has 6 nitrogen and oxygen atoms in total. The molecule has 0 saturated carbocycles. The van der Waals surface area contributed by atoms with E-state index in [0.29, 0.717) is 19.7 Å². The third kappa shape index (κ3) is 3.75. The van der Waals surface area contributed by atoms with Crippen LogP contribution in [0.2, 0.25) is 0 Å². The summed E-state index contributed by atoms with van der Waals surface area (Å²) in [6.45, 7) is 8.36. The number of piperazine rings is 1. The molecule has 1 aromatic heterocycles. The number of hydrogen-bond donors (Lipinski definition) is 0. The standard InChI is InChI=1S/C26H28N4O2/c1-18-19(2)27-17-28-25(18)29-11-13-30(14-12-29)26(31)24-8-7-21(20-9-15-32-16-10-20)22-5-3-4-6-23(22)24/h3-9,17H,10-16H2,1-2H3. The topological polar surface area (TPSA) is 58.6 Å². The molecular formula is C26H28N4O2. The van der Waals surface area contributed by atoms with E-state index >= 15 is 0 Å². The molecule has 3 aromatic rings. The average Bonchev–Trinajstić information content (AvgIpc) is 2.85. The average molecular weight is 429 g/mol. The van der Waals surface area contributed by atoms with E-state index in [9.17, 15) is 4.79 Å². The molecule has 164 valence electrons. The fourth-order valence-corrected chi connectivity index (χ4v) is 4.67. The number of benzene rings is 2. The van der Waals surface area contributed by atoms with E-state index in [1.54, 1.807) is 6.33 Å². The van der Waals surface area contributed by atoms with Crippen LogP contribution in [0.15, 0.2) is 48.8 Å². The van der Waals surface area contributed by atoms with Crippen LogP contribution in [0.25, 0.3) is 16.3 Å². The van der Waals surface area contributed by atoms with Crippen LogP contribution in [0.3, 0.4) is 0 Å². The smallest absolute Gasteiger partial charge is 0.254 e. The van der Waals surface area contributed by atoms with Gasteiger partial charge in [-0.1, -0.05) is 36.4 Å². The van der Waals surface area contributed by atoms with Crippen LogP contribution < -0.4 is 4.90 Å². The van der Waals surface area contributed by atoms with Crippen LogP contribution in [0.5, 0.6) is 0 Å². The summed E-state index contributed by atoms with van der Waals surface area (Å²) in [5.41, 5.74) is 5.39. The Morgan fingerprint density at radius 2 is 1.75 bits per heavy atom. The quantitative estimate of drug-likeness (QED) is 0.631. The first-order valence-electron chi connectivity index (χ1n) is 11.2. The molecule has 0 aliphatic carbocycles. The Balaban J connectivity index is 1.39. The summed E-state index contributed by atoms with van der Waals surface area (Å²) >= 11 is 0. The molecule has 3 heterocycles. The second kappa shape index (κ2) is 8.71. The zero-order valence-corrected chi connectivity index (χ0v) is 18.7. The van der Waals surface area contributed by atoms with Gasteiger partial charge < -0.3 is 14.5 Å². The van der Waals surface area contributed by atoms with Crippen LogP contribution >= 0.6 is 0 Å². The van der Waals surface area contributed by atoms with Crippen LogP contribution in [-0.2, 0) is 4.74 Å². The number of fused-ring (bicyclic) bond motifs is 1. The Labute approximate surface area is 188 Å². The van der Waals surface area contributed by atoms with E-state index in [2.05, 4.69) is 46.1 Å². The van der Waals surface area contributed by atoms with Gasteiger partial charge >= 0.3 is 0 Å². The Hall–Kier alpha value is -3.25. The third-order valence-corrected chi connectivity index (χ3v) is 6.64. The van der Waals surface area contributed by atoms with Crippen LogP contribution in [0.1, 0.15) is 33.6 Å². The van der Waals surface area contributed by atoms with Gasteiger partial charge in [-0.3, -0.25) is 4.79 Å². The number of anilines is 1. The molecule has 0 bridgehead atoms. The summed E-state index contributed by atoms with van der Waals surface area (Å²) in [7, 11) is 0. The van der Waals surface area contributed by atoms with Gasteiger partial charge in [0, 0.05) is 43.0 Å². The molecule has 0 unspecified atom stereocenters. The molecule has 5 rings (SSSR count). The summed E-state index contributed by atoms with van der Waals surface area (Å²) in [5, 5.41) is 2.16. The van der Waals surface area contributed by atoms with Crippen LogP contribution in [0, 0.1) is 13.8 Å². The minimum absolute atomic E-state index is 0.101. The highest BCUT2D eigenvalue weighted by atomic mass is 16.5. The van der Waals surface area contributed by atoms with Gasteiger partial charge in [0.2, 0.25) is 0 Å². The van der Waals surface area contributed by atoms with Gasteiger partial charge in [0.05, 0.1) is 13.2 Å². The lowest BCUT2D eigenvalue weighted by Gasteiger charge is -2.36. The summed E-state index contributed by atoms with van der Waals surface area (Å²) in [4.78, 5) is 26.5. The number of hydrogen-bond acceptors (Lipinski definition) is 5. The molecule has 6 heteroatoms. The fraction of sp³-hybridized carbons (Fsp3) is 0.346. The molecule has 1 saturated heterocycles. The Kier molecular flexibility index (Phi) is 5.62. The Morgan fingerprint density at radius 3 is 2.50 bits per heavy atom. The predicted molar refractivity (Wildman–Crippen MR) is 127 cm³/mol. The number of carbonyl (C=O) groups is 1. The number of nitrogens with zero attached hydrogens (tertiary/aromatic N) is 4. The minimum atomic E-state index is 0.101. The van der Waals surface area contributed by atoms with Crippen LogP contribution in [-0.4, -0.2) is 60.2 Å². The van der Waals surface area contributed by atoms with Gasteiger partial charge in [-0.2, -0.15) is 0 Å². The van der Waals surface area contributed by atoms with Crippen molar-refractivity contribution in [2.45, 2.75) is 20.3 Å². The Bertz CT molecular complexity index is 1200. The zero-order valence-electron chi connectivity index (χ0n) is 18.7. The first kappa shape index (κ1) is 20.6. The van der Waals surface area contributed by atoms with Crippen molar-refractivity contribution in [3.05, 3.63) is 71.2 Å². The number of ether oxygens (including phenoxy) is 1. The number of aromatic nitrogens is 2. The van der Waals surface area contributed by atoms with Crippen molar-refractivity contribution in [3.8, 4) is 0 Å². The van der Waals surface area contributed by atoms with Gasteiger partial charge in [-0.25, -0.2) is 9.97 Å². The lowest BCUT2D eigenvalue weighted by molar-refractivity contribution is 0.0748. The molecule has 0 radical (unpaired) electrons. The van der Waals surface area contributed by atoms with Crippen molar-refractivity contribution in [2.24, 2.45) is 0 Å². The van der Waals surface area contributed by atoms with Gasteiger partial charge in [-0.05, 0) is 48.2 Å². The van der Waals surface area contributed by atoms with Crippen LogP contribution in [0.4, 0.5) is 5.82 Å². The maximum absolute atomic E-state index is 13.5. The van der Waals surface area contributed by atoms with Gasteiger partial charge in [0.15, 0.2) is 0 Å². The highest BCUT2D eigenvalue weighted by molar-refractivity contribution is 6.09. The second-order valence-corrected chi connectivity index (χ2v) is 8.45. The van der Waals surface area contributed by atoms with E-state index in [-0.39, 0.29) is 5.91 Å². The van der Waals surface area contributed by atoms with Crippen molar-refractivity contribution >= 4 is 28.1 Å². The van der Waals surface area contributed by atoms with Crippen molar-refractivity contribution in [1.82, 2.24) is 14.9 Å². The molecule has 2 aromatic carbocycles. The number of amides is 1. The summed E-state index contributed by atoms with van der Waals surface area (Å²) in [5.74, 6) is 1.08. The van der Waals surface area contributed by atoms with Gasteiger partial charge in [-0.15, -0.1) is 0 Å². The molecule has 0 N–H and O–H groups in total. The highest BCUT2D eigenvalue weighted by Crippen LogP contribution is 2.31. The summed E-state index contributed by atoms with van der Waals surface area (Å²) in [6.07, 6.45) is 4.68. The third-order valence-electron chi connectivity index (χ3n) is 6.64. The zero-order chi connectivity index (χ0) is 22.1. The van der Waals surface area contributed by atoms with E-state index in [1.165, 1.54) is 11.1 Å². The highest BCUT2D eigenvalue weighted by Gasteiger charge is 2.25. The van der Waals surface area contributed by atoms with E-state index < -0.39 is 0 Å². The van der Waals surface area contributed by atoms with Crippen molar-refractivity contribution < 1.29 is 9.53 Å². The molecule has 2 aliphatic rings. The largest absolute Gasteiger partial charge is 0.377 e. The number of aryl methyl sites for hydroxylation is 1. The monoisotopic (exact) mass is 428 g/mol. The second-order valence-electron chi connectivity index (χ2n) is 8.45. The lowest BCUT2D eigenvalue weighted by Crippen LogP contribution is -2.49. The SMILES string of the molecule is Cc1ncnc(N2CCN(C(=O)c3ccc(C4=CCOCC4)c4ccccc34)CC2)c1C. The molecule has 2 aliphatic heterocycles. The van der Waals surface area contributed by atoms with Crippen molar-refractivity contribution in [2.75, 3.05) is 44.3 Å². The molecule has 1 amide bonds. The molecule has 0 spiro atoms. The number of rotatable bonds is 3. The number of carbonyl (C=O) groups excluding carboxylic acids is 1. The minimum Gasteiger partial charge on any atom is -0.377 e. The maximum Gasteiger partial charge on any atom is 0.254 e. The van der Waals surface area contributed by atoms with E-state index in [4.69, 9.17) is 4.74 Å². The van der Waals surface area contributed by atoms with E-state index in [0.717, 1.165) is 59.5 Å². The lowest BCUT2D eigenvalue weighted by atomic mass is 9.92. The van der Waals surface area contributed by atoms with Gasteiger partial charge in [0.25, 0.3) is 5.91 Å². The molecule has 32 heavy (non-hydrogen) atoms. The fourth-order valence-electron chi connectivity index (χ4n) is 4.67. The summed E-state index contributed by atoms with van der Waals surface area (Å²) in [6, 6.07) is 12.4.